The van der Waals surface area contributed by atoms with Crippen LogP contribution in [-0.2, 0) is 19.1 Å². The van der Waals surface area contributed by atoms with E-state index in [0.717, 1.165) is 25.7 Å². The molecule has 19 heavy (non-hydrogen) atoms. The molecule has 0 aromatic carbocycles. The van der Waals surface area contributed by atoms with Crippen LogP contribution in [0.1, 0.15) is 52.4 Å². The predicted molar refractivity (Wildman–Crippen MR) is 72.2 cm³/mol. The monoisotopic (exact) mass is 266 g/mol. The fourth-order valence-corrected chi connectivity index (χ4v) is 2.00. The van der Waals surface area contributed by atoms with Gasteiger partial charge in [-0.3, -0.25) is 0 Å². The van der Waals surface area contributed by atoms with E-state index >= 15 is 0 Å². The first-order chi connectivity index (χ1) is 8.86. The number of ether oxygens (including phenoxy) is 2. The molecule has 0 saturated heterocycles. The number of hydrogen-bond acceptors (Lipinski definition) is 4. The molecule has 0 N–H and O–H groups in total. The van der Waals surface area contributed by atoms with Gasteiger partial charge in [0.25, 0.3) is 5.79 Å². The van der Waals surface area contributed by atoms with Gasteiger partial charge < -0.3 is 9.47 Å². The number of rotatable bonds is 4. The van der Waals surface area contributed by atoms with E-state index in [9.17, 15) is 9.59 Å². The summed E-state index contributed by atoms with van der Waals surface area (Å²) in [6.07, 6.45) is 4.91. The standard InChI is InChI=1S/C15H22O4/c1-11(2)13(16)18-15(19-14(17)12(3)4)9-7-5-6-8-10-15/h1,3,5-10H2,2,4H3. The van der Waals surface area contributed by atoms with Crippen LogP contribution in [-0.4, -0.2) is 17.7 Å². The van der Waals surface area contributed by atoms with Crippen LogP contribution >= 0.6 is 0 Å². The zero-order chi connectivity index (χ0) is 14.5. The van der Waals surface area contributed by atoms with Gasteiger partial charge in [-0.15, -0.1) is 0 Å². The van der Waals surface area contributed by atoms with Crippen LogP contribution in [0.25, 0.3) is 0 Å². The third-order valence-corrected chi connectivity index (χ3v) is 3.12. The van der Waals surface area contributed by atoms with Crippen molar-refractivity contribution in [3.8, 4) is 0 Å². The SMILES string of the molecule is C=C(C)C(=O)OC1(OC(=O)C(=C)C)CCCCCC1. The maximum Gasteiger partial charge on any atom is 0.336 e. The van der Waals surface area contributed by atoms with Crippen LogP contribution in [0.15, 0.2) is 24.3 Å². The van der Waals surface area contributed by atoms with Crippen LogP contribution in [0.2, 0.25) is 0 Å². The first-order valence-electron chi connectivity index (χ1n) is 6.64. The Morgan fingerprint density at radius 1 is 0.842 bits per heavy atom. The Morgan fingerprint density at radius 2 is 1.21 bits per heavy atom. The molecular formula is C15H22O4. The first kappa shape index (κ1) is 15.5. The summed E-state index contributed by atoms with van der Waals surface area (Å²) in [5.41, 5.74) is 0.602. The van der Waals surface area contributed by atoms with Crippen molar-refractivity contribution in [2.24, 2.45) is 0 Å². The van der Waals surface area contributed by atoms with Crippen molar-refractivity contribution in [1.29, 1.82) is 0 Å². The van der Waals surface area contributed by atoms with E-state index in [1.807, 2.05) is 0 Å². The summed E-state index contributed by atoms with van der Waals surface area (Å²) in [6.45, 7) is 10.3. The molecule has 1 rings (SSSR count). The van der Waals surface area contributed by atoms with Gasteiger partial charge in [0.15, 0.2) is 0 Å². The highest BCUT2D eigenvalue weighted by Gasteiger charge is 2.39. The Bertz CT molecular complexity index is 357. The normalized spacial score (nSPS) is 18.0. The summed E-state index contributed by atoms with van der Waals surface area (Å²) < 4.78 is 10.8. The van der Waals surface area contributed by atoms with E-state index in [4.69, 9.17) is 9.47 Å². The van der Waals surface area contributed by atoms with Crippen molar-refractivity contribution < 1.29 is 19.1 Å². The Balaban J connectivity index is 2.88. The molecule has 0 aromatic heterocycles. The van der Waals surface area contributed by atoms with Crippen molar-refractivity contribution in [1.82, 2.24) is 0 Å². The lowest BCUT2D eigenvalue weighted by atomic mass is 10.1. The van der Waals surface area contributed by atoms with Crippen LogP contribution in [0.4, 0.5) is 0 Å². The molecular weight excluding hydrogens is 244 g/mol. The molecule has 0 bridgehead atoms. The van der Waals surface area contributed by atoms with Crippen molar-refractivity contribution in [2.45, 2.75) is 58.2 Å². The number of carbonyl (C=O) groups excluding carboxylic acids is 2. The first-order valence-corrected chi connectivity index (χ1v) is 6.64. The van der Waals surface area contributed by atoms with Gasteiger partial charge in [0, 0.05) is 24.0 Å². The van der Waals surface area contributed by atoms with Crippen LogP contribution in [0.5, 0.6) is 0 Å². The molecule has 0 amide bonds. The Hall–Kier alpha value is -1.58. The third kappa shape index (κ3) is 4.54. The topological polar surface area (TPSA) is 52.6 Å². The minimum Gasteiger partial charge on any atom is -0.419 e. The number of carbonyl (C=O) groups is 2. The van der Waals surface area contributed by atoms with Gasteiger partial charge in [0.1, 0.15) is 0 Å². The van der Waals surface area contributed by atoms with Crippen LogP contribution in [0, 0.1) is 0 Å². The fraction of sp³-hybridized carbons (Fsp3) is 0.600. The third-order valence-electron chi connectivity index (χ3n) is 3.12. The molecule has 4 heteroatoms. The molecule has 1 fully saturated rings. The van der Waals surface area contributed by atoms with Crippen molar-refractivity contribution >= 4 is 11.9 Å². The average molecular weight is 266 g/mol. The second-order valence-electron chi connectivity index (χ2n) is 5.16. The summed E-state index contributed by atoms with van der Waals surface area (Å²) in [6, 6.07) is 0. The van der Waals surface area contributed by atoms with Crippen molar-refractivity contribution in [2.75, 3.05) is 0 Å². The second-order valence-corrected chi connectivity index (χ2v) is 5.16. The lowest BCUT2D eigenvalue weighted by Crippen LogP contribution is -2.40. The van der Waals surface area contributed by atoms with Gasteiger partial charge in [0.2, 0.25) is 0 Å². The zero-order valence-corrected chi connectivity index (χ0v) is 11.8. The van der Waals surface area contributed by atoms with E-state index in [2.05, 4.69) is 13.2 Å². The molecule has 106 valence electrons. The molecule has 4 nitrogen and oxygen atoms in total. The zero-order valence-electron chi connectivity index (χ0n) is 11.8. The number of esters is 2. The molecule has 0 heterocycles. The molecule has 0 atom stereocenters. The van der Waals surface area contributed by atoms with Crippen LogP contribution < -0.4 is 0 Å². The molecule has 1 aliphatic rings. The molecule has 1 aliphatic carbocycles. The Kier molecular flexibility index (Phi) is 5.33. The van der Waals surface area contributed by atoms with E-state index < -0.39 is 17.7 Å². The van der Waals surface area contributed by atoms with E-state index in [1.165, 1.54) is 0 Å². The largest absolute Gasteiger partial charge is 0.419 e. The number of hydrogen-bond donors (Lipinski definition) is 0. The maximum atomic E-state index is 11.7. The van der Waals surface area contributed by atoms with Gasteiger partial charge in [0.05, 0.1) is 0 Å². The molecule has 0 spiro atoms. The summed E-state index contributed by atoms with van der Waals surface area (Å²) in [5.74, 6) is -2.18. The minimum absolute atomic E-state index is 0.301. The summed E-state index contributed by atoms with van der Waals surface area (Å²) in [7, 11) is 0. The molecule has 1 saturated carbocycles. The average Bonchev–Trinajstić information content (AvgIpc) is 2.54. The van der Waals surface area contributed by atoms with Gasteiger partial charge in [-0.1, -0.05) is 26.0 Å². The highest BCUT2D eigenvalue weighted by atomic mass is 16.7. The van der Waals surface area contributed by atoms with Crippen molar-refractivity contribution in [3.05, 3.63) is 24.3 Å². The van der Waals surface area contributed by atoms with E-state index in [0.29, 0.717) is 24.0 Å². The van der Waals surface area contributed by atoms with Crippen LogP contribution in [0.3, 0.4) is 0 Å². The van der Waals surface area contributed by atoms with E-state index in [1.54, 1.807) is 13.8 Å². The smallest absolute Gasteiger partial charge is 0.336 e. The lowest BCUT2D eigenvalue weighted by molar-refractivity contribution is -0.228. The molecule has 0 unspecified atom stereocenters. The summed E-state index contributed by atoms with van der Waals surface area (Å²) in [4.78, 5) is 23.5. The van der Waals surface area contributed by atoms with Gasteiger partial charge in [-0.25, -0.2) is 9.59 Å². The predicted octanol–water partition coefficient (Wildman–Crippen LogP) is 3.28. The fourth-order valence-electron chi connectivity index (χ4n) is 2.00. The quantitative estimate of drug-likeness (QED) is 0.339. The summed E-state index contributed by atoms with van der Waals surface area (Å²) >= 11 is 0. The second kappa shape index (κ2) is 6.55. The maximum absolute atomic E-state index is 11.7. The Morgan fingerprint density at radius 3 is 1.53 bits per heavy atom. The Labute approximate surface area is 114 Å². The molecule has 0 aromatic rings. The molecule has 0 radical (unpaired) electrons. The summed E-state index contributed by atoms with van der Waals surface area (Å²) in [5, 5.41) is 0. The molecule has 0 aliphatic heterocycles. The van der Waals surface area contributed by atoms with Crippen molar-refractivity contribution in [3.63, 3.8) is 0 Å². The highest BCUT2D eigenvalue weighted by molar-refractivity contribution is 5.89. The van der Waals surface area contributed by atoms with E-state index in [-0.39, 0.29) is 0 Å². The van der Waals surface area contributed by atoms with Gasteiger partial charge >= 0.3 is 11.9 Å². The highest BCUT2D eigenvalue weighted by Crippen LogP contribution is 2.33. The van der Waals surface area contributed by atoms with Gasteiger partial charge in [-0.05, 0) is 26.7 Å². The minimum atomic E-state index is -1.15. The van der Waals surface area contributed by atoms with Gasteiger partial charge in [-0.2, -0.15) is 0 Å². The lowest BCUT2D eigenvalue weighted by Gasteiger charge is -2.32.